The minimum atomic E-state index is -0.356. The van der Waals surface area contributed by atoms with Gasteiger partial charge >= 0.3 is 0 Å². The molecule has 0 radical (unpaired) electrons. The molecule has 3 rings (SSSR count). The summed E-state index contributed by atoms with van der Waals surface area (Å²) in [7, 11) is 2.14. The fourth-order valence-electron chi connectivity index (χ4n) is 2.52. The summed E-state index contributed by atoms with van der Waals surface area (Å²) in [5.74, 6) is 0.693. The number of thioether (sulfide) groups is 1. The Kier molecular flexibility index (Phi) is 6.63. The van der Waals surface area contributed by atoms with Crippen LogP contribution in [0.3, 0.4) is 0 Å². The number of rotatable bonds is 6. The second kappa shape index (κ2) is 8.94. The van der Waals surface area contributed by atoms with Crippen LogP contribution in [-0.2, 0) is 0 Å². The van der Waals surface area contributed by atoms with Crippen LogP contribution in [0.25, 0.3) is 0 Å². The number of likely N-dealkylation sites (N-methyl/N-ethyl adjacent to an activating group) is 1. The van der Waals surface area contributed by atoms with Crippen LogP contribution >= 0.6 is 27.7 Å². The van der Waals surface area contributed by atoms with E-state index in [1.807, 2.05) is 0 Å². The van der Waals surface area contributed by atoms with Crippen LogP contribution in [0.1, 0.15) is 5.69 Å². The lowest BCUT2D eigenvalue weighted by Gasteiger charge is -2.32. The van der Waals surface area contributed by atoms with Crippen molar-refractivity contribution in [2.24, 2.45) is 10.7 Å². The molecule has 0 atom stereocenters. The highest BCUT2D eigenvalue weighted by molar-refractivity contribution is 9.10. The summed E-state index contributed by atoms with van der Waals surface area (Å²) in [6.45, 7) is 5.29. The molecule has 0 amide bonds. The van der Waals surface area contributed by atoms with Crippen LogP contribution in [0, 0.1) is 5.82 Å². The summed E-state index contributed by atoms with van der Waals surface area (Å²) in [6, 6.07) is 4.42. The summed E-state index contributed by atoms with van der Waals surface area (Å²) in [4.78, 5) is 9.03. The number of piperazine rings is 1. The van der Waals surface area contributed by atoms with E-state index in [-0.39, 0.29) is 11.7 Å². The zero-order valence-corrected chi connectivity index (χ0v) is 16.8. The van der Waals surface area contributed by atoms with E-state index < -0.39 is 0 Å². The van der Waals surface area contributed by atoms with Crippen LogP contribution in [-0.4, -0.2) is 71.5 Å². The molecule has 2 N–H and O–H groups in total. The van der Waals surface area contributed by atoms with Crippen molar-refractivity contribution in [3.8, 4) is 0 Å². The largest absolute Gasteiger partial charge is 0.382 e. The first-order valence-electron chi connectivity index (χ1n) is 8.19. The van der Waals surface area contributed by atoms with Gasteiger partial charge in [0, 0.05) is 38.5 Å². The third-order valence-corrected chi connectivity index (χ3v) is 5.63. The predicted molar refractivity (Wildman–Crippen MR) is 103 cm³/mol. The molecule has 1 aliphatic heterocycles. The van der Waals surface area contributed by atoms with E-state index in [1.165, 1.54) is 17.8 Å². The lowest BCUT2D eigenvalue weighted by Crippen LogP contribution is -2.45. The number of nitrogens with zero attached hydrogens (tertiary/aromatic N) is 5. The third-order valence-electron chi connectivity index (χ3n) is 4.10. The zero-order chi connectivity index (χ0) is 18.5. The molecule has 2 heterocycles. The van der Waals surface area contributed by atoms with Crippen LogP contribution in [0.5, 0.6) is 0 Å². The monoisotopic (exact) mass is 442 g/mol. The molecule has 1 aliphatic rings. The van der Waals surface area contributed by atoms with Gasteiger partial charge in [0.25, 0.3) is 0 Å². The maximum Gasteiger partial charge on any atom is 0.183 e. The van der Waals surface area contributed by atoms with Crippen molar-refractivity contribution in [3.63, 3.8) is 0 Å². The van der Waals surface area contributed by atoms with E-state index in [4.69, 9.17) is 10.4 Å². The molecule has 140 valence electrons. The molecule has 7 nitrogen and oxygen atoms in total. The summed E-state index contributed by atoms with van der Waals surface area (Å²) in [5.41, 5.74) is 6.97. The van der Waals surface area contributed by atoms with Crippen molar-refractivity contribution in [1.29, 1.82) is 0 Å². The number of hydrogen-bond acceptors (Lipinski definition) is 7. The first-order valence-corrected chi connectivity index (χ1v) is 9.96. The van der Waals surface area contributed by atoms with Crippen LogP contribution in [0.15, 0.2) is 37.3 Å². The van der Waals surface area contributed by atoms with Crippen molar-refractivity contribution in [2.75, 3.05) is 45.5 Å². The van der Waals surface area contributed by atoms with E-state index >= 15 is 0 Å². The van der Waals surface area contributed by atoms with Gasteiger partial charge in [-0.25, -0.2) is 14.0 Å². The van der Waals surface area contributed by atoms with Crippen molar-refractivity contribution in [3.05, 3.63) is 34.2 Å². The van der Waals surface area contributed by atoms with E-state index in [0.29, 0.717) is 20.9 Å². The predicted octanol–water partition coefficient (Wildman–Crippen LogP) is 2.35. The molecule has 1 saturated heterocycles. The molecule has 0 aliphatic carbocycles. The van der Waals surface area contributed by atoms with Crippen LogP contribution in [0.2, 0.25) is 0 Å². The first kappa shape index (κ1) is 19.3. The van der Waals surface area contributed by atoms with Gasteiger partial charge < -0.3 is 10.6 Å². The van der Waals surface area contributed by atoms with Gasteiger partial charge in [-0.3, -0.25) is 4.90 Å². The summed E-state index contributed by atoms with van der Waals surface area (Å²) in [6.07, 6.45) is 0. The van der Waals surface area contributed by atoms with Crippen molar-refractivity contribution in [2.45, 2.75) is 5.03 Å². The molecule has 0 bridgehead atoms. The quantitative estimate of drug-likeness (QED) is 0.417. The van der Waals surface area contributed by atoms with E-state index in [2.05, 4.69) is 48.1 Å². The van der Waals surface area contributed by atoms with Crippen LogP contribution < -0.4 is 5.73 Å². The Morgan fingerprint density at radius 1 is 1.35 bits per heavy atom. The lowest BCUT2D eigenvalue weighted by atomic mass is 10.3. The summed E-state index contributed by atoms with van der Waals surface area (Å²) >= 11 is 4.67. The number of hydrogen-bond donors (Lipinski definition) is 1. The Bertz CT molecular complexity index is 778. The Morgan fingerprint density at radius 3 is 2.85 bits per heavy atom. The third kappa shape index (κ3) is 5.03. The van der Waals surface area contributed by atoms with Gasteiger partial charge in [0.1, 0.15) is 5.82 Å². The average Bonchev–Trinajstić information content (AvgIpc) is 3.08. The number of aliphatic imine (C=N–C) groups is 1. The highest BCUT2D eigenvalue weighted by atomic mass is 79.9. The molecular formula is C16H20BrFN6OS. The Labute approximate surface area is 163 Å². The highest BCUT2D eigenvalue weighted by Crippen LogP contribution is 2.24. The van der Waals surface area contributed by atoms with Gasteiger partial charge in [-0.15, -0.1) is 0 Å². The molecule has 1 aromatic carbocycles. The van der Waals surface area contributed by atoms with E-state index in [1.54, 1.807) is 12.1 Å². The topological polar surface area (TPSA) is 83.8 Å². The maximum atomic E-state index is 13.3. The van der Waals surface area contributed by atoms with Gasteiger partial charge in [0.05, 0.1) is 10.2 Å². The highest BCUT2D eigenvalue weighted by Gasteiger charge is 2.17. The van der Waals surface area contributed by atoms with Gasteiger partial charge in [-0.1, -0.05) is 11.8 Å². The summed E-state index contributed by atoms with van der Waals surface area (Å²) in [5, 5.41) is 8.40. The van der Waals surface area contributed by atoms with Crippen molar-refractivity contribution < 1.29 is 9.02 Å². The number of benzene rings is 1. The molecule has 2 aromatic rings. The molecule has 10 heteroatoms. The first-order chi connectivity index (χ1) is 12.5. The smallest absolute Gasteiger partial charge is 0.183 e. The van der Waals surface area contributed by atoms with Gasteiger partial charge in [0.2, 0.25) is 0 Å². The second-order valence-electron chi connectivity index (χ2n) is 6.01. The van der Waals surface area contributed by atoms with Crippen molar-refractivity contribution in [1.82, 2.24) is 20.1 Å². The normalized spacial score (nSPS) is 17.0. The number of amidine groups is 1. The molecular weight excluding hydrogens is 423 g/mol. The van der Waals surface area contributed by atoms with Gasteiger partial charge in [-0.2, -0.15) is 0 Å². The summed E-state index contributed by atoms with van der Waals surface area (Å²) < 4.78 is 18.5. The molecule has 0 unspecified atom stereocenters. The minimum absolute atomic E-state index is 0.187. The van der Waals surface area contributed by atoms with E-state index in [9.17, 15) is 4.39 Å². The number of nitrogens with two attached hydrogens (primary N) is 1. The fraction of sp³-hybridized carbons (Fsp3) is 0.438. The molecule has 26 heavy (non-hydrogen) atoms. The molecule has 1 aromatic heterocycles. The Hall–Kier alpha value is -1.49. The molecule has 0 saturated carbocycles. The Balaban J connectivity index is 1.60. The second-order valence-corrected chi connectivity index (χ2v) is 7.94. The number of halogens is 2. The number of aromatic nitrogens is 2. The molecule has 0 spiro atoms. The minimum Gasteiger partial charge on any atom is -0.382 e. The van der Waals surface area contributed by atoms with Crippen LogP contribution in [0.4, 0.5) is 10.1 Å². The lowest BCUT2D eigenvalue weighted by molar-refractivity contribution is 0.161. The van der Waals surface area contributed by atoms with Gasteiger partial charge in [-0.05, 0) is 51.5 Å². The Morgan fingerprint density at radius 2 is 2.12 bits per heavy atom. The standard InChI is InChI=1S/C16H20BrFN6OS/c1-23-4-6-24(7-5-23)8-9-26-16-14(21-25-22-16)15(19)20-11-2-3-13(18)12(17)10-11/h2-3,10H,4-9H2,1H3,(H2,19,20). The molecule has 1 fully saturated rings. The fourth-order valence-corrected chi connectivity index (χ4v) is 3.80. The van der Waals surface area contributed by atoms with Gasteiger partial charge in [0.15, 0.2) is 16.6 Å². The zero-order valence-electron chi connectivity index (χ0n) is 14.4. The maximum absolute atomic E-state index is 13.3. The van der Waals surface area contributed by atoms with Crippen molar-refractivity contribution >= 4 is 39.2 Å². The average molecular weight is 443 g/mol. The SMILES string of the molecule is CN1CCN(CCSc2nonc2C(N)=Nc2ccc(F)c(Br)c2)CC1. The van der Waals surface area contributed by atoms with E-state index in [0.717, 1.165) is 38.5 Å².